The summed E-state index contributed by atoms with van der Waals surface area (Å²) < 4.78 is 5.35. The van der Waals surface area contributed by atoms with Crippen molar-refractivity contribution in [1.82, 2.24) is 9.97 Å². The maximum absolute atomic E-state index is 5.35. The van der Waals surface area contributed by atoms with Crippen molar-refractivity contribution in [3.8, 4) is 11.1 Å². The van der Waals surface area contributed by atoms with Gasteiger partial charge in [-0.05, 0) is 25.1 Å². The monoisotopic (exact) mass is 255 g/mol. The lowest BCUT2D eigenvalue weighted by atomic mass is 10.1. The van der Waals surface area contributed by atoms with Crippen LogP contribution in [0, 0.1) is 6.92 Å². The first-order valence-electron chi connectivity index (χ1n) is 6.55. The fourth-order valence-corrected chi connectivity index (χ4v) is 2.31. The number of nitrogens with zero attached hydrogens (tertiary/aromatic N) is 3. The summed E-state index contributed by atoms with van der Waals surface area (Å²) in [4.78, 5) is 11.1. The molecule has 1 fully saturated rings. The molecule has 0 unspecified atom stereocenters. The molecule has 2 aromatic heterocycles. The second-order valence-electron chi connectivity index (χ2n) is 4.64. The van der Waals surface area contributed by atoms with Crippen molar-refractivity contribution in [2.24, 2.45) is 0 Å². The highest BCUT2D eigenvalue weighted by Gasteiger charge is 2.12. The van der Waals surface area contributed by atoms with Crippen LogP contribution in [-0.4, -0.2) is 36.3 Å². The Bertz CT molecular complexity index is 548. The van der Waals surface area contributed by atoms with E-state index in [1.807, 2.05) is 25.4 Å². The first kappa shape index (κ1) is 12.1. The number of anilines is 1. The largest absolute Gasteiger partial charge is 0.378 e. The number of rotatable bonds is 2. The Morgan fingerprint density at radius 3 is 2.63 bits per heavy atom. The molecule has 0 aliphatic carbocycles. The Morgan fingerprint density at radius 2 is 1.95 bits per heavy atom. The minimum absolute atomic E-state index is 0.783. The number of hydrogen-bond acceptors (Lipinski definition) is 4. The van der Waals surface area contributed by atoms with E-state index in [9.17, 15) is 0 Å². The molecular formula is C15H17N3O. The molecule has 0 amide bonds. The molecule has 2 aromatic rings. The summed E-state index contributed by atoms with van der Waals surface area (Å²) in [6, 6.07) is 8.22. The SMILES string of the molecule is Cc1ncccc1-c1ccc(N2CCOCC2)nc1. The van der Waals surface area contributed by atoms with Gasteiger partial charge < -0.3 is 9.64 Å². The third-order valence-electron chi connectivity index (χ3n) is 3.40. The highest BCUT2D eigenvalue weighted by molar-refractivity contribution is 5.65. The predicted molar refractivity (Wildman–Crippen MR) is 75.2 cm³/mol. The van der Waals surface area contributed by atoms with E-state index in [0.717, 1.165) is 48.9 Å². The summed E-state index contributed by atoms with van der Waals surface area (Å²) in [6.45, 7) is 5.41. The van der Waals surface area contributed by atoms with Gasteiger partial charge in [-0.15, -0.1) is 0 Å². The van der Waals surface area contributed by atoms with Gasteiger partial charge in [-0.3, -0.25) is 4.98 Å². The number of ether oxygens (including phenoxy) is 1. The van der Waals surface area contributed by atoms with Crippen LogP contribution in [-0.2, 0) is 4.74 Å². The van der Waals surface area contributed by atoms with Gasteiger partial charge in [0, 0.05) is 42.3 Å². The van der Waals surface area contributed by atoms with Gasteiger partial charge in [0.15, 0.2) is 0 Å². The molecule has 1 aliphatic rings. The van der Waals surface area contributed by atoms with Gasteiger partial charge in [-0.25, -0.2) is 4.98 Å². The third-order valence-corrected chi connectivity index (χ3v) is 3.40. The van der Waals surface area contributed by atoms with E-state index >= 15 is 0 Å². The predicted octanol–water partition coefficient (Wildman–Crippen LogP) is 2.29. The zero-order valence-corrected chi connectivity index (χ0v) is 11.0. The molecule has 3 heterocycles. The lowest BCUT2D eigenvalue weighted by molar-refractivity contribution is 0.122. The fourth-order valence-electron chi connectivity index (χ4n) is 2.31. The summed E-state index contributed by atoms with van der Waals surface area (Å²) >= 11 is 0. The van der Waals surface area contributed by atoms with E-state index in [4.69, 9.17) is 4.74 Å². The lowest BCUT2D eigenvalue weighted by Gasteiger charge is -2.27. The van der Waals surface area contributed by atoms with Crippen LogP contribution in [0.2, 0.25) is 0 Å². The Balaban J connectivity index is 1.84. The van der Waals surface area contributed by atoms with Crippen molar-refractivity contribution in [2.45, 2.75) is 6.92 Å². The lowest BCUT2D eigenvalue weighted by Crippen LogP contribution is -2.36. The van der Waals surface area contributed by atoms with E-state index in [1.54, 1.807) is 0 Å². The highest BCUT2D eigenvalue weighted by Crippen LogP contribution is 2.23. The standard InChI is InChI=1S/C15H17N3O/c1-12-14(3-2-6-16-12)13-4-5-15(17-11-13)18-7-9-19-10-8-18/h2-6,11H,7-10H2,1H3. The van der Waals surface area contributed by atoms with Gasteiger partial charge in [0.2, 0.25) is 0 Å². The van der Waals surface area contributed by atoms with Crippen LogP contribution >= 0.6 is 0 Å². The third kappa shape index (κ3) is 2.58. The van der Waals surface area contributed by atoms with E-state index in [2.05, 4.69) is 33.1 Å². The number of hydrogen-bond donors (Lipinski definition) is 0. The second-order valence-corrected chi connectivity index (χ2v) is 4.64. The normalized spacial score (nSPS) is 15.5. The Hall–Kier alpha value is -1.94. The molecule has 1 saturated heterocycles. The molecule has 0 saturated carbocycles. The summed E-state index contributed by atoms with van der Waals surface area (Å²) in [5.74, 6) is 1.02. The summed E-state index contributed by atoms with van der Waals surface area (Å²) in [7, 11) is 0. The molecule has 4 heteroatoms. The van der Waals surface area contributed by atoms with Gasteiger partial charge >= 0.3 is 0 Å². The highest BCUT2D eigenvalue weighted by atomic mass is 16.5. The van der Waals surface area contributed by atoms with Crippen molar-refractivity contribution < 1.29 is 4.74 Å². The summed E-state index contributed by atoms with van der Waals surface area (Å²) in [6.07, 6.45) is 3.74. The minimum atomic E-state index is 0.783. The Morgan fingerprint density at radius 1 is 1.11 bits per heavy atom. The molecule has 0 bridgehead atoms. The van der Waals surface area contributed by atoms with Crippen molar-refractivity contribution >= 4 is 5.82 Å². The van der Waals surface area contributed by atoms with Gasteiger partial charge in [0.05, 0.1) is 13.2 Å². The van der Waals surface area contributed by atoms with E-state index in [1.165, 1.54) is 0 Å². The molecule has 0 aromatic carbocycles. The number of aromatic nitrogens is 2. The van der Waals surface area contributed by atoms with Crippen LogP contribution in [0.25, 0.3) is 11.1 Å². The quantitative estimate of drug-likeness (QED) is 0.825. The van der Waals surface area contributed by atoms with Crippen molar-refractivity contribution in [2.75, 3.05) is 31.2 Å². The van der Waals surface area contributed by atoms with E-state index < -0.39 is 0 Å². The molecule has 0 spiro atoms. The molecule has 0 radical (unpaired) electrons. The van der Waals surface area contributed by atoms with Crippen LogP contribution in [0.5, 0.6) is 0 Å². The fraction of sp³-hybridized carbons (Fsp3) is 0.333. The maximum Gasteiger partial charge on any atom is 0.128 e. The van der Waals surface area contributed by atoms with Crippen LogP contribution in [0.1, 0.15) is 5.69 Å². The molecule has 1 aliphatic heterocycles. The molecule has 19 heavy (non-hydrogen) atoms. The van der Waals surface area contributed by atoms with Crippen molar-refractivity contribution in [1.29, 1.82) is 0 Å². The van der Waals surface area contributed by atoms with Crippen molar-refractivity contribution in [3.05, 3.63) is 42.4 Å². The minimum Gasteiger partial charge on any atom is -0.378 e. The van der Waals surface area contributed by atoms with Gasteiger partial charge in [0.25, 0.3) is 0 Å². The average molecular weight is 255 g/mol. The number of morpholine rings is 1. The van der Waals surface area contributed by atoms with Crippen LogP contribution < -0.4 is 4.90 Å². The topological polar surface area (TPSA) is 38.2 Å². The van der Waals surface area contributed by atoms with Crippen molar-refractivity contribution in [3.63, 3.8) is 0 Å². The van der Waals surface area contributed by atoms with E-state index in [0.29, 0.717) is 0 Å². The maximum atomic E-state index is 5.35. The molecular weight excluding hydrogens is 238 g/mol. The summed E-state index contributed by atoms with van der Waals surface area (Å²) in [5, 5.41) is 0. The molecule has 3 rings (SSSR count). The first-order chi connectivity index (χ1) is 9.34. The Kier molecular flexibility index (Phi) is 3.42. The number of pyridine rings is 2. The second kappa shape index (κ2) is 5.36. The van der Waals surface area contributed by atoms with Crippen LogP contribution in [0.4, 0.5) is 5.82 Å². The van der Waals surface area contributed by atoms with Crippen LogP contribution in [0.3, 0.4) is 0 Å². The smallest absolute Gasteiger partial charge is 0.128 e. The van der Waals surface area contributed by atoms with Gasteiger partial charge in [-0.2, -0.15) is 0 Å². The zero-order valence-electron chi connectivity index (χ0n) is 11.0. The molecule has 0 N–H and O–H groups in total. The molecule has 4 nitrogen and oxygen atoms in total. The van der Waals surface area contributed by atoms with Crippen LogP contribution in [0.15, 0.2) is 36.7 Å². The molecule has 98 valence electrons. The first-order valence-corrected chi connectivity index (χ1v) is 6.55. The number of aryl methyl sites for hydroxylation is 1. The van der Waals surface area contributed by atoms with E-state index in [-0.39, 0.29) is 0 Å². The zero-order chi connectivity index (χ0) is 13.1. The molecule has 0 atom stereocenters. The van der Waals surface area contributed by atoms with Gasteiger partial charge in [0.1, 0.15) is 5.82 Å². The average Bonchev–Trinajstić information content (AvgIpc) is 2.49. The Labute approximate surface area is 113 Å². The summed E-state index contributed by atoms with van der Waals surface area (Å²) in [5.41, 5.74) is 3.29. The van der Waals surface area contributed by atoms with Gasteiger partial charge in [-0.1, -0.05) is 6.07 Å².